The fraction of sp³-hybridized carbons (Fsp3) is 0.611. The van der Waals surface area contributed by atoms with Crippen LogP contribution in [0.3, 0.4) is 0 Å². The van der Waals surface area contributed by atoms with Crippen molar-refractivity contribution in [2.24, 2.45) is 0 Å². The lowest BCUT2D eigenvalue weighted by atomic mass is 9.97. The number of carbonyl (C=O) groups is 1. The molecule has 0 aromatic carbocycles. The van der Waals surface area contributed by atoms with Crippen LogP contribution in [0.2, 0.25) is 0 Å². The Morgan fingerprint density at radius 1 is 1.36 bits per heavy atom. The molecule has 134 valence electrons. The molecule has 1 saturated carbocycles. The van der Waals surface area contributed by atoms with Gasteiger partial charge in [0.1, 0.15) is 10.7 Å². The molecule has 2 aromatic rings. The van der Waals surface area contributed by atoms with E-state index in [0.717, 1.165) is 48.9 Å². The van der Waals surface area contributed by atoms with E-state index in [1.165, 1.54) is 28.6 Å². The minimum Gasteiger partial charge on any atom is -0.339 e. The second-order valence-electron chi connectivity index (χ2n) is 6.81. The van der Waals surface area contributed by atoms with Gasteiger partial charge in [-0.05, 0) is 51.0 Å². The molecule has 1 amide bonds. The molecule has 0 saturated heterocycles. The lowest BCUT2D eigenvalue weighted by molar-refractivity contribution is -0.128. The van der Waals surface area contributed by atoms with Gasteiger partial charge in [0.15, 0.2) is 0 Å². The molecule has 1 fully saturated rings. The maximum Gasteiger partial charge on any atom is 0.259 e. The molecular formula is C18H23N3O2S2. The van der Waals surface area contributed by atoms with Crippen LogP contribution >= 0.6 is 23.1 Å². The van der Waals surface area contributed by atoms with Gasteiger partial charge in [-0.15, -0.1) is 23.1 Å². The zero-order valence-corrected chi connectivity index (χ0v) is 16.1. The second-order valence-corrected chi connectivity index (χ2v) is 8.88. The highest BCUT2D eigenvalue weighted by atomic mass is 32.2. The van der Waals surface area contributed by atoms with Crippen LogP contribution < -0.4 is 5.56 Å². The Kier molecular flexibility index (Phi) is 4.86. The van der Waals surface area contributed by atoms with E-state index in [-0.39, 0.29) is 11.5 Å². The van der Waals surface area contributed by atoms with Gasteiger partial charge in [0.25, 0.3) is 5.56 Å². The van der Waals surface area contributed by atoms with E-state index < -0.39 is 0 Å². The van der Waals surface area contributed by atoms with Crippen molar-refractivity contribution in [2.75, 3.05) is 12.3 Å². The van der Waals surface area contributed by atoms with Crippen LogP contribution in [-0.2, 0) is 23.4 Å². The Balaban J connectivity index is 1.45. The Hall–Kier alpha value is -1.34. The number of amides is 1. The molecule has 25 heavy (non-hydrogen) atoms. The number of thiophene rings is 1. The maximum atomic E-state index is 12.5. The molecule has 2 aliphatic carbocycles. The molecule has 0 bridgehead atoms. The Morgan fingerprint density at radius 2 is 2.16 bits per heavy atom. The molecule has 4 rings (SSSR count). The number of carbonyl (C=O) groups excluding carboxylic acids is 1. The summed E-state index contributed by atoms with van der Waals surface area (Å²) in [5, 5.41) is 0.801. The van der Waals surface area contributed by atoms with Crippen molar-refractivity contribution < 1.29 is 4.79 Å². The molecule has 0 atom stereocenters. The summed E-state index contributed by atoms with van der Waals surface area (Å²) in [5.74, 6) is 1.91. The van der Waals surface area contributed by atoms with Crippen LogP contribution in [0, 0.1) is 0 Å². The normalized spacial score (nSPS) is 16.8. The number of aromatic nitrogens is 2. The number of nitrogens with one attached hydrogen (secondary N) is 1. The summed E-state index contributed by atoms with van der Waals surface area (Å²) in [5.41, 5.74) is 1.21. The molecule has 2 heterocycles. The van der Waals surface area contributed by atoms with Crippen LogP contribution in [0.5, 0.6) is 0 Å². The number of hydrogen-bond acceptors (Lipinski definition) is 5. The zero-order chi connectivity index (χ0) is 17.4. The van der Waals surface area contributed by atoms with Crippen molar-refractivity contribution in [1.29, 1.82) is 0 Å². The van der Waals surface area contributed by atoms with Crippen LogP contribution in [-0.4, -0.2) is 39.1 Å². The van der Waals surface area contributed by atoms with Crippen molar-refractivity contribution in [3.05, 3.63) is 26.6 Å². The first-order valence-corrected chi connectivity index (χ1v) is 11.0. The molecule has 5 nitrogen and oxygen atoms in total. The van der Waals surface area contributed by atoms with E-state index in [0.29, 0.717) is 23.4 Å². The first-order chi connectivity index (χ1) is 12.2. The topological polar surface area (TPSA) is 66.1 Å². The standard InChI is InChI=1S/C18H23N3O2S2/c1-2-21(11-7-8-11)15(22)10-24-9-14-19-17(23)16-12-5-3-4-6-13(12)25-18(16)20-14/h11H,2-10H2,1H3,(H,19,20,23). The van der Waals surface area contributed by atoms with Gasteiger partial charge >= 0.3 is 0 Å². The summed E-state index contributed by atoms with van der Waals surface area (Å²) in [6.45, 7) is 2.82. The fourth-order valence-corrected chi connectivity index (χ4v) is 5.67. The lowest BCUT2D eigenvalue weighted by Gasteiger charge is -2.19. The average Bonchev–Trinajstić information content (AvgIpc) is 3.35. The van der Waals surface area contributed by atoms with Gasteiger partial charge in [0.05, 0.1) is 16.9 Å². The van der Waals surface area contributed by atoms with Crippen LogP contribution in [0.1, 0.15) is 48.9 Å². The number of rotatable bonds is 6. The van der Waals surface area contributed by atoms with Crippen LogP contribution in [0.4, 0.5) is 0 Å². The molecular weight excluding hydrogens is 354 g/mol. The highest BCUT2D eigenvalue weighted by Crippen LogP contribution is 2.33. The van der Waals surface area contributed by atoms with Crippen molar-refractivity contribution in [1.82, 2.24) is 14.9 Å². The third-order valence-corrected chi connectivity index (χ3v) is 7.10. The van der Waals surface area contributed by atoms with E-state index in [1.807, 2.05) is 11.8 Å². The van der Waals surface area contributed by atoms with E-state index in [9.17, 15) is 9.59 Å². The second kappa shape index (κ2) is 7.11. The van der Waals surface area contributed by atoms with Crippen LogP contribution in [0.25, 0.3) is 10.2 Å². The van der Waals surface area contributed by atoms with Gasteiger partial charge in [0.2, 0.25) is 5.91 Å². The van der Waals surface area contributed by atoms with Crippen molar-refractivity contribution in [3.63, 3.8) is 0 Å². The smallest absolute Gasteiger partial charge is 0.259 e. The molecule has 2 aromatic heterocycles. The fourth-order valence-electron chi connectivity index (χ4n) is 3.62. The van der Waals surface area contributed by atoms with Gasteiger partial charge in [-0.2, -0.15) is 0 Å². The predicted octanol–water partition coefficient (Wildman–Crippen LogP) is 3.11. The molecule has 0 spiro atoms. The van der Waals surface area contributed by atoms with E-state index in [1.54, 1.807) is 11.3 Å². The number of H-pyrrole nitrogens is 1. The monoisotopic (exact) mass is 377 g/mol. The van der Waals surface area contributed by atoms with Gasteiger partial charge in [-0.25, -0.2) is 4.98 Å². The first-order valence-electron chi connectivity index (χ1n) is 9.08. The summed E-state index contributed by atoms with van der Waals surface area (Å²) < 4.78 is 0. The van der Waals surface area contributed by atoms with E-state index in [4.69, 9.17) is 0 Å². The number of fused-ring (bicyclic) bond motifs is 3. The third kappa shape index (κ3) is 3.49. The van der Waals surface area contributed by atoms with Crippen molar-refractivity contribution in [3.8, 4) is 0 Å². The SMILES string of the molecule is CCN(C(=O)CSCc1nc2sc3c(c2c(=O)[nH]1)CCCC3)C1CC1. The largest absolute Gasteiger partial charge is 0.339 e. The number of hydrogen-bond donors (Lipinski definition) is 1. The molecule has 0 radical (unpaired) electrons. The molecule has 0 aliphatic heterocycles. The molecule has 7 heteroatoms. The Morgan fingerprint density at radius 3 is 2.92 bits per heavy atom. The molecule has 1 N–H and O–H groups in total. The molecule has 2 aliphatic rings. The van der Waals surface area contributed by atoms with Gasteiger partial charge in [-0.3, -0.25) is 9.59 Å². The summed E-state index contributed by atoms with van der Waals surface area (Å²) in [6, 6.07) is 0.463. The van der Waals surface area contributed by atoms with Gasteiger partial charge in [0, 0.05) is 17.5 Å². The predicted molar refractivity (Wildman–Crippen MR) is 103 cm³/mol. The Labute approximate surface area is 155 Å². The summed E-state index contributed by atoms with van der Waals surface area (Å²) >= 11 is 3.21. The molecule has 0 unspecified atom stereocenters. The number of aromatic amines is 1. The summed E-state index contributed by atoms with van der Waals surface area (Å²) in [4.78, 5) is 36.6. The Bertz CT molecular complexity index is 854. The first kappa shape index (κ1) is 17.1. The maximum absolute atomic E-state index is 12.5. The lowest BCUT2D eigenvalue weighted by Crippen LogP contribution is -2.34. The number of aryl methyl sites for hydroxylation is 2. The average molecular weight is 378 g/mol. The van der Waals surface area contributed by atoms with E-state index >= 15 is 0 Å². The van der Waals surface area contributed by atoms with E-state index in [2.05, 4.69) is 9.97 Å². The zero-order valence-electron chi connectivity index (χ0n) is 14.5. The highest BCUT2D eigenvalue weighted by molar-refractivity contribution is 7.99. The minimum atomic E-state index is -0.0144. The third-order valence-electron chi connectivity index (χ3n) is 4.99. The van der Waals surface area contributed by atoms with Crippen molar-refractivity contribution in [2.45, 2.75) is 57.2 Å². The quantitative estimate of drug-likeness (QED) is 0.840. The summed E-state index contributed by atoms with van der Waals surface area (Å²) in [7, 11) is 0. The number of thioether (sulfide) groups is 1. The number of nitrogens with zero attached hydrogens (tertiary/aromatic N) is 2. The van der Waals surface area contributed by atoms with Crippen LogP contribution in [0.15, 0.2) is 4.79 Å². The minimum absolute atomic E-state index is 0.0144. The van der Waals surface area contributed by atoms with Gasteiger partial charge < -0.3 is 9.88 Å². The summed E-state index contributed by atoms with van der Waals surface area (Å²) in [6.07, 6.45) is 6.71. The van der Waals surface area contributed by atoms with Gasteiger partial charge in [-0.1, -0.05) is 0 Å². The van der Waals surface area contributed by atoms with Crippen molar-refractivity contribution >= 4 is 39.2 Å². The highest BCUT2D eigenvalue weighted by Gasteiger charge is 2.31.